The van der Waals surface area contributed by atoms with Crippen LogP contribution >= 0.6 is 22.7 Å². The summed E-state index contributed by atoms with van der Waals surface area (Å²) in [6.45, 7) is 7.26. The molecule has 12 nitrogen and oxygen atoms in total. The van der Waals surface area contributed by atoms with Gasteiger partial charge >= 0.3 is 6.09 Å². The second-order valence-electron chi connectivity index (χ2n) is 14.5. The molecular formula is C39H48N8O4S2. The number of hydrogen-bond donors (Lipinski definition) is 3. The van der Waals surface area contributed by atoms with Crippen molar-refractivity contribution in [1.29, 1.82) is 0 Å². The minimum Gasteiger partial charge on any atom is -0.453 e. The molecule has 3 amide bonds. The number of imidazole rings is 2. The number of aromatic nitrogens is 4. The van der Waals surface area contributed by atoms with Gasteiger partial charge in [-0.2, -0.15) is 0 Å². The molecule has 0 aliphatic carbocycles. The first-order valence-electron chi connectivity index (χ1n) is 18.4. The Balaban J connectivity index is 1.06. The minimum absolute atomic E-state index is 0.0326. The maximum absolute atomic E-state index is 13.6. The molecule has 7 rings (SSSR count). The van der Waals surface area contributed by atoms with E-state index in [1.54, 1.807) is 22.7 Å². The number of nitrogens with one attached hydrogen (secondary N) is 3. The van der Waals surface area contributed by atoms with Gasteiger partial charge in [0.2, 0.25) is 11.8 Å². The van der Waals surface area contributed by atoms with E-state index in [0.717, 1.165) is 78.4 Å². The zero-order valence-corrected chi connectivity index (χ0v) is 32.8. The van der Waals surface area contributed by atoms with Crippen molar-refractivity contribution in [1.82, 2.24) is 40.0 Å². The summed E-state index contributed by atoms with van der Waals surface area (Å²) in [5, 5.41) is 7.10. The van der Waals surface area contributed by atoms with Gasteiger partial charge in [0.25, 0.3) is 0 Å². The summed E-state index contributed by atoms with van der Waals surface area (Å²) in [5.74, 6) is 1.56. The van der Waals surface area contributed by atoms with Crippen molar-refractivity contribution in [3.05, 3.63) is 59.1 Å². The number of amides is 3. The van der Waals surface area contributed by atoms with E-state index >= 15 is 0 Å². The SMILES string of the molecule is CCC(C(=O)N1CCCC1c1ncc(-c2ccc(-c3csc4c(-c5cnc(C6CCCN6C(=O)C(NC(=O)OC)C(C)C)[nH]5)csc34)cc2)[nH]1)N(C)C. The molecule has 0 saturated carbocycles. The summed E-state index contributed by atoms with van der Waals surface area (Å²) in [6.07, 6.45) is 7.46. The number of likely N-dealkylation sites (tertiary alicyclic amines) is 2. The number of H-pyrrole nitrogens is 2. The number of nitrogens with zero attached hydrogens (tertiary/aromatic N) is 5. The van der Waals surface area contributed by atoms with Gasteiger partial charge < -0.3 is 29.8 Å². The summed E-state index contributed by atoms with van der Waals surface area (Å²) in [6, 6.07) is 7.55. The van der Waals surface area contributed by atoms with Crippen molar-refractivity contribution in [2.24, 2.45) is 5.92 Å². The van der Waals surface area contributed by atoms with Crippen LogP contribution in [0.5, 0.6) is 0 Å². The van der Waals surface area contributed by atoms with Gasteiger partial charge in [-0.15, -0.1) is 22.7 Å². The Morgan fingerprint density at radius 1 is 0.868 bits per heavy atom. The maximum Gasteiger partial charge on any atom is 0.407 e. The lowest BCUT2D eigenvalue weighted by Gasteiger charge is -2.30. The van der Waals surface area contributed by atoms with Gasteiger partial charge in [0.15, 0.2) is 0 Å². The number of methoxy groups -OCH3 is 1. The topological polar surface area (TPSA) is 140 Å². The van der Waals surface area contributed by atoms with Gasteiger partial charge in [0, 0.05) is 35.0 Å². The Hall–Kier alpha value is -4.53. The number of carbonyl (C=O) groups excluding carboxylic acids is 3. The van der Waals surface area contributed by atoms with Gasteiger partial charge in [0.05, 0.1) is 58.4 Å². The number of alkyl carbamates (subject to hydrolysis) is 1. The van der Waals surface area contributed by atoms with E-state index in [9.17, 15) is 14.4 Å². The van der Waals surface area contributed by atoms with Crippen molar-refractivity contribution in [2.45, 2.75) is 77.0 Å². The van der Waals surface area contributed by atoms with E-state index in [1.807, 2.05) is 55.0 Å². The zero-order chi connectivity index (χ0) is 37.4. The Bertz CT molecular complexity index is 2080. The van der Waals surface area contributed by atoms with Crippen molar-refractivity contribution < 1.29 is 19.1 Å². The fraction of sp³-hybridized carbons (Fsp3) is 0.462. The quantitative estimate of drug-likeness (QED) is 0.127. The monoisotopic (exact) mass is 756 g/mol. The highest BCUT2D eigenvalue weighted by Gasteiger charge is 2.38. The Morgan fingerprint density at radius 3 is 2.00 bits per heavy atom. The molecule has 4 atom stereocenters. The molecule has 1 aromatic carbocycles. The van der Waals surface area contributed by atoms with Crippen LogP contribution in [-0.4, -0.2) is 98.9 Å². The van der Waals surface area contributed by atoms with Gasteiger partial charge in [-0.25, -0.2) is 14.8 Å². The number of aromatic amines is 2. The standard InChI is InChI=1S/C39H48N8O4S2/c1-7-29(45(4)5)37(48)46-16-8-10-30(46)35-40-18-27(42-35)24-14-12-23(13-15-24)25-20-52-34-26(21-53-33(25)34)28-19-41-36(43-28)31-11-9-17-47(31)38(49)32(22(2)3)44-39(50)51-6/h12-15,18-22,29-32H,7-11,16-17H2,1-6H3,(H,40,42)(H,41,43)(H,44,50). The third-order valence-electron chi connectivity index (χ3n) is 10.7. The van der Waals surface area contributed by atoms with E-state index < -0.39 is 12.1 Å². The molecule has 2 fully saturated rings. The summed E-state index contributed by atoms with van der Waals surface area (Å²) in [7, 11) is 5.23. The van der Waals surface area contributed by atoms with E-state index in [1.165, 1.54) is 22.1 Å². The number of likely N-dealkylation sites (N-methyl/N-ethyl adjacent to an activating group) is 1. The summed E-state index contributed by atoms with van der Waals surface area (Å²) in [5.41, 5.74) is 6.34. The predicted molar refractivity (Wildman–Crippen MR) is 210 cm³/mol. The van der Waals surface area contributed by atoms with Crippen LogP contribution in [0.2, 0.25) is 0 Å². The first-order valence-corrected chi connectivity index (χ1v) is 20.2. The Morgan fingerprint density at radius 2 is 1.42 bits per heavy atom. The lowest BCUT2D eigenvalue weighted by Crippen LogP contribution is -2.51. The highest BCUT2D eigenvalue weighted by Crippen LogP contribution is 2.44. The average molecular weight is 757 g/mol. The van der Waals surface area contributed by atoms with Gasteiger partial charge in [-0.1, -0.05) is 45.0 Å². The number of benzene rings is 1. The molecule has 6 heterocycles. The summed E-state index contributed by atoms with van der Waals surface area (Å²) in [4.78, 5) is 61.4. The van der Waals surface area contributed by atoms with Crippen molar-refractivity contribution >= 4 is 50.0 Å². The lowest BCUT2D eigenvalue weighted by molar-refractivity contribution is -0.137. The molecule has 0 radical (unpaired) electrons. The van der Waals surface area contributed by atoms with E-state index in [4.69, 9.17) is 14.7 Å². The maximum atomic E-state index is 13.6. The number of carbonyl (C=O) groups is 3. The van der Waals surface area contributed by atoms with Crippen molar-refractivity contribution in [3.8, 4) is 33.6 Å². The number of fused-ring (bicyclic) bond motifs is 1. The third kappa shape index (κ3) is 7.11. The minimum atomic E-state index is -0.675. The van der Waals surface area contributed by atoms with Crippen molar-refractivity contribution in [2.75, 3.05) is 34.3 Å². The van der Waals surface area contributed by atoms with Crippen LogP contribution in [-0.2, 0) is 14.3 Å². The van der Waals surface area contributed by atoms with Crippen LogP contribution in [0.4, 0.5) is 4.79 Å². The van der Waals surface area contributed by atoms with E-state index in [2.05, 4.69) is 57.2 Å². The van der Waals surface area contributed by atoms with E-state index in [-0.39, 0.29) is 35.9 Å². The molecule has 3 N–H and O–H groups in total. The number of ether oxygens (including phenoxy) is 1. The fourth-order valence-corrected chi connectivity index (χ4v) is 10.2. The van der Waals surface area contributed by atoms with Crippen LogP contribution in [0.1, 0.15) is 76.6 Å². The van der Waals surface area contributed by atoms with Gasteiger partial charge in [-0.3, -0.25) is 14.5 Å². The predicted octanol–water partition coefficient (Wildman–Crippen LogP) is 7.46. The van der Waals surface area contributed by atoms with Crippen molar-refractivity contribution in [3.63, 3.8) is 0 Å². The summed E-state index contributed by atoms with van der Waals surface area (Å²) >= 11 is 3.44. The van der Waals surface area contributed by atoms with Gasteiger partial charge in [0.1, 0.15) is 17.7 Å². The molecule has 5 aromatic rings. The molecule has 4 unspecified atom stereocenters. The third-order valence-corrected chi connectivity index (χ3v) is 12.8. The molecule has 0 bridgehead atoms. The fourth-order valence-electron chi connectivity index (χ4n) is 7.79. The molecule has 4 aromatic heterocycles. The Labute approximate surface area is 318 Å². The second-order valence-corrected chi connectivity index (χ2v) is 16.3. The smallest absolute Gasteiger partial charge is 0.407 e. The number of hydrogen-bond acceptors (Lipinski definition) is 9. The first kappa shape index (κ1) is 36.8. The highest BCUT2D eigenvalue weighted by molar-refractivity contribution is 7.27. The molecule has 2 aliphatic heterocycles. The van der Waals surface area contributed by atoms with Crippen LogP contribution in [0.25, 0.3) is 43.0 Å². The number of rotatable bonds is 11. The molecule has 2 aliphatic rings. The second kappa shape index (κ2) is 15.4. The lowest BCUT2D eigenvalue weighted by atomic mass is 10.0. The normalized spacial score (nSPS) is 18.7. The highest BCUT2D eigenvalue weighted by atomic mass is 32.1. The molecule has 0 spiro atoms. The molecule has 14 heteroatoms. The Kier molecular flexibility index (Phi) is 10.7. The van der Waals surface area contributed by atoms with Crippen LogP contribution in [0.3, 0.4) is 0 Å². The molecule has 280 valence electrons. The van der Waals surface area contributed by atoms with E-state index in [0.29, 0.717) is 6.54 Å². The van der Waals surface area contributed by atoms with Gasteiger partial charge in [-0.05, 0) is 63.2 Å². The van der Waals surface area contributed by atoms with Crippen LogP contribution in [0, 0.1) is 5.92 Å². The summed E-state index contributed by atoms with van der Waals surface area (Å²) < 4.78 is 7.19. The molecule has 2 saturated heterocycles. The van der Waals surface area contributed by atoms with Crippen LogP contribution in [0.15, 0.2) is 47.4 Å². The van der Waals surface area contributed by atoms with Crippen LogP contribution < -0.4 is 5.32 Å². The largest absolute Gasteiger partial charge is 0.453 e. The molecule has 53 heavy (non-hydrogen) atoms. The average Bonchev–Trinajstić information content (AvgIpc) is 4.00. The zero-order valence-electron chi connectivity index (χ0n) is 31.1. The first-order chi connectivity index (χ1) is 25.6. The number of thiophene rings is 2. The molecular weight excluding hydrogens is 709 g/mol.